The molecule has 0 N–H and O–H groups in total. The van der Waals surface area contributed by atoms with Crippen LogP contribution < -0.4 is 0 Å². The van der Waals surface area contributed by atoms with E-state index in [0.29, 0.717) is 0 Å². The number of fused-ring (bicyclic) bond motifs is 4. The standard InChI is InChI=1S/C10H12I2/c11-9-5-1-3-6-2-4(5)8(7(3)9)10(6)12/h3-10H,1-2H2/t3-,4+,5+,6-,7-,8+,9-,10+. The van der Waals surface area contributed by atoms with Crippen molar-refractivity contribution in [1.82, 2.24) is 0 Å². The number of rotatable bonds is 0. The summed E-state index contributed by atoms with van der Waals surface area (Å²) >= 11 is 5.53. The van der Waals surface area contributed by atoms with E-state index in [0.717, 1.165) is 19.7 Å². The van der Waals surface area contributed by atoms with Gasteiger partial charge in [-0.1, -0.05) is 45.2 Å². The third kappa shape index (κ3) is 0.607. The highest BCUT2D eigenvalue weighted by Crippen LogP contribution is 2.75. The van der Waals surface area contributed by atoms with E-state index in [1.165, 1.54) is 23.7 Å². The molecule has 0 unspecified atom stereocenters. The van der Waals surface area contributed by atoms with Crippen molar-refractivity contribution in [2.24, 2.45) is 35.5 Å². The Morgan fingerprint density at radius 2 is 1.08 bits per heavy atom. The Morgan fingerprint density at radius 3 is 1.42 bits per heavy atom. The van der Waals surface area contributed by atoms with Crippen molar-refractivity contribution in [3.05, 3.63) is 0 Å². The molecule has 4 aliphatic rings. The van der Waals surface area contributed by atoms with E-state index in [4.69, 9.17) is 0 Å². The monoisotopic (exact) mass is 386 g/mol. The van der Waals surface area contributed by atoms with Gasteiger partial charge in [0.2, 0.25) is 0 Å². The van der Waals surface area contributed by atoms with Gasteiger partial charge in [0.05, 0.1) is 0 Å². The summed E-state index contributed by atoms with van der Waals surface area (Å²) in [6, 6.07) is 0. The van der Waals surface area contributed by atoms with Crippen molar-refractivity contribution in [3.63, 3.8) is 0 Å². The first-order valence-corrected chi connectivity index (χ1v) is 7.56. The molecule has 66 valence electrons. The Hall–Kier alpha value is 1.46. The summed E-state index contributed by atoms with van der Waals surface area (Å²) in [5.74, 6) is 6.99. The minimum atomic E-state index is 1.08. The molecule has 0 aromatic rings. The van der Waals surface area contributed by atoms with E-state index in [9.17, 15) is 0 Å². The summed E-state index contributed by atoms with van der Waals surface area (Å²) < 4.78 is 2.15. The normalized spacial score (nSPS) is 76.5. The fraction of sp³-hybridized carbons (Fsp3) is 1.00. The molecule has 0 spiro atoms. The Bertz CT molecular complexity index is 226. The average molecular weight is 386 g/mol. The number of hydrogen-bond acceptors (Lipinski definition) is 0. The lowest BCUT2D eigenvalue weighted by atomic mass is 9.71. The zero-order chi connectivity index (χ0) is 8.03. The molecule has 0 saturated heterocycles. The summed E-state index contributed by atoms with van der Waals surface area (Å²) in [4.78, 5) is 0. The Balaban J connectivity index is 1.92. The summed E-state index contributed by atoms with van der Waals surface area (Å²) in [6.07, 6.45) is 3.23. The average Bonchev–Trinajstić information content (AvgIpc) is 2.68. The predicted molar refractivity (Wildman–Crippen MR) is 65.8 cm³/mol. The molecule has 0 aromatic carbocycles. The minimum Gasteiger partial charge on any atom is -0.0820 e. The van der Waals surface area contributed by atoms with Crippen LogP contribution in [0.5, 0.6) is 0 Å². The van der Waals surface area contributed by atoms with Crippen molar-refractivity contribution in [3.8, 4) is 0 Å². The van der Waals surface area contributed by atoms with E-state index in [2.05, 4.69) is 45.2 Å². The van der Waals surface area contributed by atoms with Gasteiger partial charge in [-0.05, 0) is 48.3 Å². The predicted octanol–water partition coefficient (Wildman–Crippen LogP) is 3.13. The topological polar surface area (TPSA) is 0 Å². The fourth-order valence-electron chi connectivity index (χ4n) is 4.98. The molecule has 0 nitrogen and oxygen atoms in total. The Morgan fingerprint density at radius 1 is 0.667 bits per heavy atom. The molecule has 4 bridgehead atoms. The molecule has 0 aliphatic heterocycles. The van der Waals surface area contributed by atoms with Gasteiger partial charge in [0.15, 0.2) is 0 Å². The summed E-state index contributed by atoms with van der Waals surface area (Å²) in [7, 11) is 0. The first kappa shape index (κ1) is 7.71. The lowest BCUT2D eigenvalue weighted by Crippen LogP contribution is -2.27. The molecule has 4 fully saturated rings. The highest BCUT2D eigenvalue weighted by molar-refractivity contribution is 14.1. The van der Waals surface area contributed by atoms with Gasteiger partial charge in [-0.25, -0.2) is 0 Å². The second-order valence-corrected chi connectivity index (χ2v) is 8.05. The van der Waals surface area contributed by atoms with Crippen LogP contribution in [0.1, 0.15) is 12.8 Å². The van der Waals surface area contributed by atoms with Crippen molar-refractivity contribution in [2.45, 2.75) is 20.7 Å². The summed E-state index contributed by atoms with van der Waals surface area (Å²) in [5.41, 5.74) is 0. The second-order valence-electron chi connectivity index (χ2n) is 5.17. The van der Waals surface area contributed by atoms with Crippen LogP contribution >= 0.6 is 45.2 Å². The smallest absolute Gasteiger partial charge is 0.0175 e. The van der Waals surface area contributed by atoms with Crippen LogP contribution in [0.4, 0.5) is 0 Å². The van der Waals surface area contributed by atoms with E-state index >= 15 is 0 Å². The molecule has 0 amide bonds. The van der Waals surface area contributed by atoms with Crippen molar-refractivity contribution < 1.29 is 0 Å². The maximum absolute atomic E-state index is 2.77. The third-order valence-corrected chi connectivity index (χ3v) is 8.68. The van der Waals surface area contributed by atoms with Crippen molar-refractivity contribution in [2.75, 3.05) is 0 Å². The van der Waals surface area contributed by atoms with Crippen LogP contribution in [-0.4, -0.2) is 7.85 Å². The van der Waals surface area contributed by atoms with E-state index in [-0.39, 0.29) is 0 Å². The second kappa shape index (κ2) is 2.17. The van der Waals surface area contributed by atoms with Gasteiger partial charge in [-0.2, -0.15) is 0 Å². The SMILES string of the molecule is I[C@@H]1[C@H]2C[C@@H]3[C@H]4C[C@@H]2[C@H]([C@H]4I)[C@H]13. The summed E-state index contributed by atoms with van der Waals surface area (Å²) in [5, 5.41) is 0. The molecule has 4 rings (SSSR count). The first-order chi connectivity index (χ1) is 5.79. The molecular weight excluding hydrogens is 374 g/mol. The van der Waals surface area contributed by atoms with Crippen LogP contribution in [0.3, 0.4) is 0 Å². The first-order valence-electron chi connectivity index (χ1n) is 5.07. The van der Waals surface area contributed by atoms with Gasteiger partial charge >= 0.3 is 0 Å². The van der Waals surface area contributed by atoms with Crippen LogP contribution in [0.2, 0.25) is 0 Å². The zero-order valence-electron chi connectivity index (χ0n) is 6.79. The lowest BCUT2D eigenvalue weighted by molar-refractivity contribution is 0.146. The molecule has 0 heterocycles. The fourth-order valence-corrected chi connectivity index (χ4v) is 8.66. The Kier molecular flexibility index (Phi) is 1.39. The molecule has 8 atom stereocenters. The van der Waals surface area contributed by atoms with Crippen LogP contribution in [0, 0.1) is 35.5 Å². The lowest BCUT2D eigenvalue weighted by Gasteiger charge is -2.33. The van der Waals surface area contributed by atoms with Crippen LogP contribution in [0.15, 0.2) is 0 Å². The zero-order valence-corrected chi connectivity index (χ0v) is 11.1. The van der Waals surface area contributed by atoms with Crippen molar-refractivity contribution in [1.29, 1.82) is 0 Å². The number of hydrogen-bond donors (Lipinski definition) is 0. The van der Waals surface area contributed by atoms with Crippen LogP contribution in [-0.2, 0) is 0 Å². The van der Waals surface area contributed by atoms with Gasteiger partial charge in [0.25, 0.3) is 0 Å². The quantitative estimate of drug-likeness (QED) is 0.444. The molecule has 4 saturated carbocycles. The molecule has 4 aliphatic carbocycles. The van der Waals surface area contributed by atoms with Gasteiger partial charge in [0.1, 0.15) is 0 Å². The van der Waals surface area contributed by atoms with E-state index in [1.54, 1.807) is 12.8 Å². The van der Waals surface area contributed by atoms with E-state index < -0.39 is 0 Å². The highest BCUT2D eigenvalue weighted by Gasteiger charge is 2.71. The third-order valence-electron chi connectivity index (χ3n) is 5.18. The minimum absolute atomic E-state index is 1.08. The van der Waals surface area contributed by atoms with Gasteiger partial charge in [0, 0.05) is 7.85 Å². The maximum Gasteiger partial charge on any atom is 0.0175 e. The molecule has 12 heavy (non-hydrogen) atoms. The van der Waals surface area contributed by atoms with Gasteiger partial charge in [-0.15, -0.1) is 0 Å². The largest absolute Gasteiger partial charge is 0.0820 e. The van der Waals surface area contributed by atoms with Crippen molar-refractivity contribution >= 4 is 45.2 Å². The maximum atomic E-state index is 2.77. The van der Waals surface area contributed by atoms with Gasteiger partial charge in [-0.3, -0.25) is 0 Å². The molecular formula is C10H12I2. The van der Waals surface area contributed by atoms with Gasteiger partial charge < -0.3 is 0 Å². The highest BCUT2D eigenvalue weighted by atomic mass is 127. The molecule has 0 radical (unpaired) electrons. The number of halogens is 2. The summed E-state index contributed by atoms with van der Waals surface area (Å²) in [6.45, 7) is 0. The number of alkyl halides is 2. The molecule has 2 heteroatoms. The van der Waals surface area contributed by atoms with Crippen LogP contribution in [0.25, 0.3) is 0 Å². The Labute approximate surface area is 101 Å². The molecule has 0 aromatic heterocycles. The van der Waals surface area contributed by atoms with E-state index in [1.807, 2.05) is 0 Å².